The summed E-state index contributed by atoms with van der Waals surface area (Å²) in [4.78, 5) is 22.4. The van der Waals surface area contributed by atoms with E-state index in [1.54, 1.807) is 0 Å². The number of hydrogen-bond acceptors (Lipinski definition) is 4. The Bertz CT molecular complexity index is 140. The van der Waals surface area contributed by atoms with Crippen LogP contribution in [-0.2, 0) is 9.59 Å². The second-order valence-corrected chi connectivity index (χ2v) is 2.53. The normalized spacial score (nSPS) is 10.2. The Morgan fingerprint density at radius 2 is 1.55 bits per heavy atom. The molecule has 4 nitrogen and oxygen atoms in total. The van der Waals surface area contributed by atoms with Gasteiger partial charge in [-0.25, -0.2) is 0 Å². The van der Waals surface area contributed by atoms with Gasteiger partial charge in [0.1, 0.15) is 11.6 Å². The number of hydrogen-bond donors (Lipinski definition) is 1. The van der Waals surface area contributed by atoms with Gasteiger partial charge in [0.25, 0.3) is 0 Å². The number of nitrogens with zero attached hydrogens (tertiary/aromatic N) is 1. The summed E-state index contributed by atoms with van der Waals surface area (Å²) in [5, 5.41) is 8.65. The van der Waals surface area contributed by atoms with Crippen molar-refractivity contribution in [2.45, 2.75) is 13.8 Å². The van der Waals surface area contributed by atoms with Crippen LogP contribution in [0.4, 0.5) is 0 Å². The first-order chi connectivity index (χ1) is 5.06. The molecule has 1 N–H and O–H groups in total. The van der Waals surface area contributed by atoms with Crippen molar-refractivity contribution in [3.8, 4) is 0 Å². The Hall–Kier alpha value is -0.740. The fourth-order valence-corrected chi connectivity index (χ4v) is 0.786. The highest BCUT2D eigenvalue weighted by atomic mass is 16.3. The van der Waals surface area contributed by atoms with Crippen LogP contribution < -0.4 is 0 Å². The molecule has 11 heavy (non-hydrogen) atoms. The van der Waals surface area contributed by atoms with Crippen molar-refractivity contribution in [3.05, 3.63) is 0 Å². The molecule has 0 aromatic heterocycles. The van der Waals surface area contributed by atoms with Crippen LogP contribution in [0.2, 0.25) is 0 Å². The predicted molar refractivity (Wildman–Crippen MR) is 40.0 cm³/mol. The second kappa shape index (κ2) is 4.98. The Morgan fingerprint density at radius 1 is 1.18 bits per heavy atom. The van der Waals surface area contributed by atoms with Gasteiger partial charge in [0.05, 0.1) is 19.8 Å². The van der Waals surface area contributed by atoms with Crippen LogP contribution in [0.3, 0.4) is 0 Å². The molecule has 0 aromatic rings. The highest BCUT2D eigenvalue weighted by Crippen LogP contribution is 1.86. The van der Waals surface area contributed by atoms with Gasteiger partial charge in [0, 0.05) is 0 Å². The summed E-state index contributed by atoms with van der Waals surface area (Å²) in [5.41, 5.74) is 0. The summed E-state index contributed by atoms with van der Waals surface area (Å²) < 4.78 is 0. The molecule has 0 spiro atoms. The third-order valence-electron chi connectivity index (χ3n) is 1.09. The highest BCUT2D eigenvalue weighted by molar-refractivity contribution is 5.80. The summed E-state index contributed by atoms with van der Waals surface area (Å²) in [6.07, 6.45) is 0. The Kier molecular flexibility index (Phi) is 4.65. The van der Waals surface area contributed by atoms with Crippen LogP contribution in [0.25, 0.3) is 0 Å². The molecule has 0 fully saturated rings. The average Bonchev–Trinajstić information content (AvgIpc) is 1.84. The van der Waals surface area contributed by atoms with Crippen LogP contribution in [0.15, 0.2) is 0 Å². The number of carbonyl (C=O) groups is 2. The molecule has 0 saturated carbocycles. The van der Waals surface area contributed by atoms with Crippen LogP contribution in [0.1, 0.15) is 13.8 Å². The minimum Gasteiger partial charge on any atom is -0.381 e. The van der Waals surface area contributed by atoms with E-state index in [1.807, 2.05) is 0 Å². The van der Waals surface area contributed by atoms with Crippen LogP contribution in [0, 0.1) is 0 Å². The van der Waals surface area contributed by atoms with E-state index < -0.39 is 0 Å². The molecule has 0 aliphatic heterocycles. The molecule has 4 heteroatoms. The maximum atomic E-state index is 10.5. The number of aliphatic hydroxyl groups is 1. The number of ketones is 2. The number of Topliss-reactive ketones (excluding diaryl/α,β-unsaturated/α-hetero) is 2. The Labute approximate surface area is 65.8 Å². The zero-order valence-corrected chi connectivity index (χ0v) is 6.83. The van der Waals surface area contributed by atoms with Crippen LogP contribution in [0.5, 0.6) is 0 Å². The van der Waals surface area contributed by atoms with Crippen molar-refractivity contribution in [2.75, 3.05) is 19.8 Å². The third-order valence-corrected chi connectivity index (χ3v) is 1.09. The zero-order chi connectivity index (χ0) is 8.85. The fourth-order valence-electron chi connectivity index (χ4n) is 0.786. The SMILES string of the molecule is CC(=O)CN(CO)CC(C)=O. The summed E-state index contributed by atoms with van der Waals surface area (Å²) in [6.45, 7) is 2.86. The van der Waals surface area contributed by atoms with E-state index in [-0.39, 0.29) is 31.4 Å². The number of aliphatic hydroxyl groups excluding tert-OH is 1. The molecule has 0 bridgehead atoms. The van der Waals surface area contributed by atoms with E-state index in [2.05, 4.69) is 0 Å². The number of rotatable bonds is 5. The first-order valence-corrected chi connectivity index (χ1v) is 3.38. The van der Waals surface area contributed by atoms with Crippen molar-refractivity contribution >= 4 is 11.6 Å². The van der Waals surface area contributed by atoms with E-state index in [0.717, 1.165) is 0 Å². The lowest BCUT2D eigenvalue weighted by Crippen LogP contribution is -2.33. The van der Waals surface area contributed by atoms with Crippen LogP contribution in [-0.4, -0.2) is 41.4 Å². The molecular weight excluding hydrogens is 146 g/mol. The zero-order valence-electron chi connectivity index (χ0n) is 6.83. The van der Waals surface area contributed by atoms with E-state index >= 15 is 0 Å². The van der Waals surface area contributed by atoms with Crippen LogP contribution >= 0.6 is 0 Å². The lowest BCUT2D eigenvalue weighted by Gasteiger charge is -2.14. The first kappa shape index (κ1) is 10.3. The van der Waals surface area contributed by atoms with Gasteiger partial charge in [-0.3, -0.25) is 14.5 Å². The molecule has 0 aliphatic rings. The summed E-state index contributed by atoms with van der Waals surface area (Å²) >= 11 is 0. The first-order valence-electron chi connectivity index (χ1n) is 3.38. The maximum absolute atomic E-state index is 10.5. The molecule has 64 valence electrons. The van der Waals surface area contributed by atoms with Crippen molar-refractivity contribution in [3.63, 3.8) is 0 Å². The van der Waals surface area contributed by atoms with Gasteiger partial charge in [-0.1, -0.05) is 0 Å². The largest absolute Gasteiger partial charge is 0.381 e. The standard InChI is InChI=1S/C7H13NO3/c1-6(10)3-8(5-9)4-7(2)11/h9H,3-5H2,1-2H3. The smallest absolute Gasteiger partial charge is 0.143 e. The summed E-state index contributed by atoms with van der Waals surface area (Å²) in [6, 6.07) is 0. The van der Waals surface area contributed by atoms with Crippen molar-refractivity contribution in [2.24, 2.45) is 0 Å². The molecule has 0 amide bonds. The molecule has 0 unspecified atom stereocenters. The van der Waals surface area contributed by atoms with Gasteiger partial charge >= 0.3 is 0 Å². The van der Waals surface area contributed by atoms with Gasteiger partial charge in [0.2, 0.25) is 0 Å². The third kappa shape index (κ3) is 5.69. The lowest BCUT2D eigenvalue weighted by atomic mass is 10.3. The van der Waals surface area contributed by atoms with E-state index in [4.69, 9.17) is 5.11 Å². The van der Waals surface area contributed by atoms with Gasteiger partial charge in [-0.05, 0) is 13.8 Å². The Morgan fingerprint density at radius 3 is 1.73 bits per heavy atom. The van der Waals surface area contributed by atoms with Gasteiger partial charge < -0.3 is 5.11 Å². The molecule has 0 rings (SSSR count). The van der Waals surface area contributed by atoms with Gasteiger partial charge in [-0.2, -0.15) is 0 Å². The number of carbonyl (C=O) groups excluding carboxylic acids is 2. The summed E-state index contributed by atoms with van der Waals surface area (Å²) in [7, 11) is 0. The highest BCUT2D eigenvalue weighted by Gasteiger charge is 2.07. The topological polar surface area (TPSA) is 57.6 Å². The fraction of sp³-hybridized carbons (Fsp3) is 0.714. The van der Waals surface area contributed by atoms with E-state index in [1.165, 1.54) is 18.7 Å². The average molecular weight is 159 g/mol. The predicted octanol–water partition coefficient (Wildman–Crippen LogP) is -0.584. The minimum absolute atomic E-state index is 0.0553. The molecular formula is C7H13NO3. The molecule has 0 aliphatic carbocycles. The molecule has 0 radical (unpaired) electrons. The Balaban J connectivity index is 3.76. The summed E-state index contributed by atoms with van der Waals surface area (Å²) in [5.74, 6) is -0.111. The lowest BCUT2D eigenvalue weighted by molar-refractivity contribution is -0.122. The minimum atomic E-state index is -0.251. The second-order valence-electron chi connectivity index (χ2n) is 2.53. The maximum Gasteiger partial charge on any atom is 0.143 e. The molecule has 0 heterocycles. The monoisotopic (exact) mass is 159 g/mol. The van der Waals surface area contributed by atoms with Gasteiger partial charge in [0.15, 0.2) is 0 Å². The van der Waals surface area contributed by atoms with Crippen molar-refractivity contribution in [1.82, 2.24) is 4.90 Å². The van der Waals surface area contributed by atoms with Crippen molar-refractivity contribution < 1.29 is 14.7 Å². The molecule has 0 aromatic carbocycles. The molecule has 0 saturated heterocycles. The van der Waals surface area contributed by atoms with Gasteiger partial charge in [-0.15, -0.1) is 0 Å². The quantitative estimate of drug-likeness (QED) is 0.545. The van der Waals surface area contributed by atoms with E-state index in [0.29, 0.717) is 0 Å². The van der Waals surface area contributed by atoms with E-state index in [9.17, 15) is 9.59 Å². The van der Waals surface area contributed by atoms with Crippen molar-refractivity contribution in [1.29, 1.82) is 0 Å². The molecule has 0 atom stereocenters.